The van der Waals surface area contributed by atoms with Crippen molar-refractivity contribution in [2.75, 3.05) is 6.54 Å². The highest BCUT2D eigenvalue weighted by molar-refractivity contribution is 9.10. The number of primary amides is 1. The molecule has 4 atom stereocenters. The molecular weight excluding hydrogens is 428 g/mol. The van der Waals surface area contributed by atoms with Gasteiger partial charge in [0.25, 0.3) is 0 Å². The highest BCUT2D eigenvalue weighted by atomic mass is 79.9. The number of carbonyl (C=O) groups excluding carboxylic acids is 1. The lowest BCUT2D eigenvalue weighted by Crippen LogP contribution is -2.35. The average Bonchev–Trinajstić information content (AvgIpc) is 3.21. The first-order chi connectivity index (χ1) is 12.9. The summed E-state index contributed by atoms with van der Waals surface area (Å²) in [5.41, 5.74) is 5.17. The molecule has 3 rings (SSSR count). The van der Waals surface area contributed by atoms with Gasteiger partial charge in [-0.15, -0.1) is 0 Å². The number of allylic oxidation sites excluding steroid dienone is 2. The van der Waals surface area contributed by atoms with Crippen molar-refractivity contribution in [1.29, 1.82) is 0 Å². The second-order valence-electron chi connectivity index (χ2n) is 7.67. The highest BCUT2D eigenvalue weighted by Gasteiger charge is 2.46. The van der Waals surface area contributed by atoms with Crippen molar-refractivity contribution in [1.82, 2.24) is 4.72 Å². The Labute approximate surface area is 170 Å². The summed E-state index contributed by atoms with van der Waals surface area (Å²) >= 11 is 3.33. The van der Waals surface area contributed by atoms with Crippen LogP contribution in [0.3, 0.4) is 0 Å². The molecular formula is C20H27BrN2O3S. The summed E-state index contributed by atoms with van der Waals surface area (Å²) in [7, 11) is -3.49. The molecule has 3 N–H and O–H groups in total. The topological polar surface area (TPSA) is 89.3 Å². The molecule has 0 radical (unpaired) electrons. The third-order valence-corrected chi connectivity index (χ3v) is 7.91. The predicted octanol–water partition coefficient (Wildman–Crippen LogP) is 3.60. The van der Waals surface area contributed by atoms with Crippen molar-refractivity contribution in [3.63, 3.8) is 0 Å². The maximum atomic E-state index is 12.6. The molecule has 0 spiro atoms. The number of fused-ring (bicyclic) bond motifs is 2. The zero-order valence-corrected chi connectivity index (χ0v) is 17.7. The van der Waals surface area contributed by atoms with Gasteiger partial charge in [-0.05, 0) is 80.0 Å². The molecule has 0 heterocycles. The van der Waals surface area contributed by atoms with Crippen LogP contribution in [0.15, 0.2) is 45.8 Å². The summed E-state index contributed by atoms with van der Waals surface area (Å²) in [6, 6.07) is 6.71. The molecule has 0 saturated heterocycles. The van der Waals surface area contributed by atoms with Crippen molar-refractivity contribution in [2.45, 2.75) is 43.4 Å². The zero-order chi connectivity index (χ0) is 19.4. The smallest absolute Gasteiger partial charge is 0.240 e. The Morgan fingerprint density at radius 2 is 1.93 bits per heavy atom. The summed E-state index contributed by atoms with van der Waals surface area (Å²) in [4.78, 5) is 11.1. The van der Waals surface area contributed by atoms with E-state index in [0.29, 0.717) is 41.5 Å². The molecule has 1 aromatic carbocycles. The molecule has 5 nitrogen and oxygen atoms in total. The molecule has 2 aliphatic carbocycles. The SMILES string of the molecule is NC(=O)CCC/C=C\C1C2CCC(C2)C1CNS(=O)(=O)c1ccc(Br)cc1. The fourth-order valence-electron chi connectivity index (χ4n) is 4.61. The number of amides is 1. The van der Waals surface area contributed by atoms with Crippen LogP contribution < -0.4 is 10.5 Å². The Balaban J connectivity index is 1.59. The van der Waals surface area contributed by atoms with Crippen LogP contribution in [0.25, 0.3) is 0 Å². The number of benzene rings is 1. The van der Waals surface area contributed by atoms with Gasteiger partial charge in [0.2, 0.25) is 15.9 Å². The number of sulfonamides is 1. The van der Waals surface area contributed by atoms with Crippen molar-refractivity contribution >= 4 is 31.9 Å². The summed E-state index contributed by atoms with van der Waals surface area (Å²) in [6.45, 7) is 0.482. The monoisotopic (exact) mass is 454 g/mol. The van der Waals surface area contributed by atoms with E-state index in [0.717, 1.165) is 17.3 Å². The molecule has 1 amide bonds. The number of halogens is 1. The third kappa shape index (κ3) is 5.21. The number of nitrogens with two attached hydrogens (primary N) is 1. The van der Waals surface area contributed by atoms with Crippen LogP contribution in [0.4, 0.5) is 0 Å². The van der Waals surface area contributed by atoms with Gasteiger partial charge < -0.3 is 5.73 Å². The van der Waals surface area contributed by atoms with E-state index in [1.807, 2.05) is 0 Å². The molecule has 0 aromatic heterocycles. The van der Waals surface area contributed by atoms with Crippen LogP contribution in [-0.4, -0.2) is 20.9 Å². The van der Waals surface area contributed by atoms with Gasteiger partial charge in [0, 0.05) is 17.4 Å². The van der Waals surface area contributed by atoms with Crippen molar-refractivity contribution in [3.05, 3.63) is 40.9 Å². The average molecular weight is 455 g/mol. The summed E-state index contributed by atoms with van der Waals surface area (Å²) < 4.78 is 28.9. The Bertz CT molecular complexity index is 792. The lowest BCUT2D eigenvalue weighted by Gasteiger charge is -2.29. The van der Waals surface area contributed by atoms with Gasteiger partial charge in [0.15, 0.2) is 0 Å². The molecule has 0 aliphatic heterocycles. The van der Waals surface area contributed by atoms with Crippen LogP contribution >= 0.6 is 15.9 Å². The molecule has 2 bridgehead atoms. The first-order valence-electron chi connectivity index (χ1n) is 9.57. The quantitative estimate of drug-likeness (QED) is 0.441. The van der Waals surface area contributed by atoms with Gasteiger partial charge in [0.1, 0.15) is 0 Å². The van der Waals surface area contributed by atoms with E-state index < -0.39 is 10.0 Å². The molecule has 2 saturated carbocycles. The van der Waals surface area contributed by atoms with Gasteiger partial charge in [-0.2, -0.15) is 0 Å². The zero-order valence-electron chi connectivity index (χ0n) is 15.3. The lowest BCUT2D eigenvalue weighted by molar-refractivity contribution is -0.118. The Hall–Kier alpha value is -1.18. The van der Waals surface area contributed by atoms with Crippen LogP contribution in [0.1, 0.15) is 38.5 Å². The molecule has 7 heteroatoms. The molecule has 4 unspecified atom stereocenters. The molecule has 1 aromatic rings. The van der Waals surface area contributed by atoms with Crippen molar-refractivity contribution in [2.24, 2.45) is 29.4 Å². The van der Waals surface area contributed by atoms with E-state index in [-0.39, 0.29) is 5.91 Å². The number of hydrogen-bond donors (Lipinski definition) is 2. The largest absolute Gasteiger partial charge is 0.370 e. The molecule has 2 aliphatic rings. The maximum Gasteiger partial charge on any atom is 0.240 e. The summed E-state index contributed by atoms with van der Waals surface area (Å²) in [5.74, 6) is 1.77. The number of unbranched alkanes of at least 4 members (excludes halogenated alkanes) is 1. The Kier molecular flexibility index (Phi) is 6.76. The predicted molar refractivity (Wildman–Crippen MR) is 109 cm³/mol. The van der Waals surface area contributed by atoms with Crippen LogP contribution in [0.5, 0.6) is 0 Å². The fourth-order valence-corrected chi connectivity index (χ4v) is 5.95. The summed E-state index contributed by atoms with van der Waals surface area (Å²) in [6.07, 6.45) is 10.0. The van der Waals surface area contributed by atoms with Crippen LogP contribution in [-0.2, 0) is 14.8 Å². The number of hydrogen-bond acceptors (Lipinski definition) is 3. The van der Waals surface area contributed by atoms with Crippen molar-refractivity contribution < 1.29 is 13.2 Å². The van der Waals surface area contributed by atoms with Crippen molar-refractivity contribution in [3.8, 4) is 0 Å². The van der Waals surface area contributed by atoms with E-state index >= 15 is 0 Å². The van der Waals surface area contributed by atoms with Gasteiger partial charge in [-0.3, -0.25) is 4.79 Å². The minimum absolute atomic E-state index is 0.261. The first kappa shape index (κ1) is 20.6. The highest BCUT2D eigenvalue weighted by Crippen LogP contribution is 2.52. The Morgan fingerprint density at radius 1 is 1.22 bits per heavy atom. The van der Waals surface area contributed by atoms with Gasteiger partial charge in [0.05, 0.1) is 4.90 Å². The van der Waals surface area contributed by atoms with E-state index in [1.165, 1.54) is 19.3 Å². The van der Waals surface area contributed by atoms with Crippen LogP contribution in [0, 0.1) is 23.7 Å². The standard InChI is InChI=1S/C20H27BrN2O3S/c21-16-8-10-17(11-9-16)27(25,26)23-13-19-15-7-6-14(12-15)18(19)4-2-1-3-5-20(22)24/h2,4,8-11,14-15,18-19,23H,1,3,5-7,12-13H2,(H2,22,24)/b4-2-. The van der Waals surface area contributed by atoms with Crippen LogP contribution in [0.2, 0.25) is 0 Å². The second-order valence-corrected chi connectivity index (χ2v) is 10.3. The minimum atomic E-state index is -3.49. The molecule has 148 valence electrons. The third-order valence-electron chi connectivity index (χ3n) is 5.94. The summed E-state index contributed by atoms with van der Waals surface area (Å²) in [5, 5.41) is 0. The Morgan fingerprint density at radius 3 is 2.63 bits per heavy atom. The van der Waals surface area contributed by atoms with E-state index in [1.54, 1.807) is 24.3 Å². The second kappa shape index (κ2) is 8.88. The number of nitrogens with one attached hydrogen (secondary N) is 1. The molecule has 2 fully saturated rings. The maximum absolute atomic E-state index is 12.6. The van der Waals surface area contributed by atoms with E-state index in [4.69, 9.17) is 5.73 Å². The minimum Gasteiger partial charge on any atom is -0.370 e. The number of carbonyl (C=O) groups is 1. The van der Waals surface area contributed by atoms with Gasteiger partial charge >= 0.3 is 0 Å². The van der Waals surface area contributed by atoms with Gasteiger partial charge in [-0.25, -0.2) is 13.1 Å². The van der Waals surface area contributed by atoms with E-state index in [2.05, 4.69) is 32.8 Å². The fraction of sp³-hybridized carbons (Fsp3) is 0.550. The molecule has 27 heavy (non-hydrogen) atoms. The lowest BCUT2D eigenvalue weighted by atomic mass is 9.79. The number of rotatable bonds is 9. The first-order valence-corrected chi connectivity index (χ1v) is 11.8. The normalized spacial score (nSPS) is 27.4. The van der Waals surface area contributed by atoms with Gasteiger partial charge in [-0.1, -0.05) is 28.1 Å². The van der Waals surface area contributed by atoms with E-state index in [9.17, 15) is 13.2 Å².